The number of aromatic nitrogens is 2. The summed E-state index contributed by atoms with van der Waals surface area (Å²) < 4.78 is 3.94. The maximum absolute atomic E-state index is 5.42. The molecule has 0 aliphatic heterocycles. The van der Waals surface area contributed by atoms with E-state index in [-0.39, 0.29) is 5.41 Å². The topological polar surface area (TPSA) is 51.8 Å². The molecule has 11 heavy (non-hydrogen) atoms. The van der Waals surface area contributed by atoms with Gasteiger partial charge in [-0.25, -0.2) is 4.98 Å². The van der Waals surface area contributed by atoms with Gasteiger partial charge in [0, 0.05) is 5.41 Å². The van der Waals surface area contributed by atoms with Crippen molar-refractivity contribution < 1.29 is 0 Å². The van der Waals surface area contributed by atoms with Gasteiger partial charge in [-0.3, -0.25) is 0 Å². The number of nitrogens with two attached hydrogens (primary N) is 1. The molecule has 0 fully saturated rings. The molecular weight excluding hydrogens is 158 g/mol. The number of nitrogens with zero attached hydrogens (tertiary/aromatic N) is 2. The van der Waals surface area contributed by atoms with Crippen molar-refractivity contribution in [1.29, 1.82) is 0 Å². The third-order valence-electron chi connectivity index (χ3n) is 1.90. The van der Waals surface area contributed by atoms with E-state index >= 15 is 0 Å². The average molecular weight is 171 g/mol. The van der Waals surface area contributed by atoms with Gasteiger partial charge in [0.05, 0.1) is 0 Å². The largest absolute Gasteiger partial charge is 0.367 e. The third-order valence-corrected chi connectivity index (χ3v) is 3.00. The van der Waals surface area contributed by atoms with Gasteiger partial charge >= 0.3 is 0 Å². The SMILES string of the molecule is CCC(C)(C)c1nc(N)ns1. The molecule has 0 radical (unpaired) electrons. The second-order valence-corrected chi connectivity index (χ2v) is 3.95. The van der Waals surface area contributed by atoms with Crippen LogP contribution in [0.4, 0.5) is 5.95 Å². The van der Waals surface area contributed by atoms with Gasteiger partial charge < -0.3 is 5.73 Å². The Morgan fingerprint density at radius 1 is 1.55 bits per heavy atom. The average Bonchev–Trinajstić information content (AvgIpc) is 2.36. The van der Waals surface area contributed by atoms with Crippen LogP contribution in [0.2, 0.25) is 0 Å². The zero-order valence-electron chi connectivity index (χ0n) is 7.09. The van der Waals surface area contributed by atoms with E-state index in [1.54, 1.807) is 0 Å². The first-order chi connectivity index (χ1) is 5.06. The monoisotopic (exact) mass is 171 g/mol. The van der Waals surface area contributed by atoms with Crippen LogP contribution in [0, 0.1) is 0 Å². The molecule has 4 heteroatoms. The van der Waals surface area contributed by atoms with Crippen LogP contribution in [0.25, 0.3) is 0 Å². The second kappa shape index (κ2) is 2.77. The minimum Gasteiger partial charge on any atom is -0.367 e. The highest BCUT2D eigenvalue weighted by Gasteiger charge is 2.22. The number of anilines is 1. The predicted molar refractivity (Wildman–Crippen MR) is 47.6 cm³/mol. The number of hydrogen-bond acceptors (Lipinski definition) is 4. The Hall–Kier alpha value is -0.640. The summed E-state index contributed by atoms with van der Waals surface area (Å²) in [6, 6.07) is 0. The van der Waals surface area contributed by atoms with Crippen LogP contribution in [0.15, 0.2) is 0 Å². The predicted octanol–water partition coefficient (Wildman–Crippen LogP) is 1.81. The molecule has 2 N–H and O–H groups in total. The molecule has 0 aliphatic carbocycles. The summed E-state index contributed by atoms with van der Waals surface area (Å²) in [7, 11) is 0. The Morgan fingerprint density at radius 2 is 2.18 bits per heavy atom. The molecule has 0 amide bonds. The standard InChI is InChI=1S/C7H13N3S/c1-4-7(2,3)5-9-6(8)10-11-5/h4H2,1-3H3,(H2,8,10). The summed E-state index contributed by atoms with van der Waals surface area (Å²) in [6.45, 7) is 6.43. The van der Waals surface area contributed by atoms with E-state index in [2.05, 4.69) is 30.1 Å². The van der Waals surface area contributed by atoms with E-state index in [4.69, 9.17) is 5.73 Å². The molecule has 3 nitrogen and oxygen atoms in total. The maximum Gasteiger partial charge on any atom is 0.232 e. The maximum atomic E-state index is 5.42. The lowest BCUT2D eigenvalue weighted by Crippen LogP contribution is -2.14. The van der Waals surface area contributed by atoms with Crippen molar-refractivity contribution in [3.63, 3.8) is 0 Å². The molecule has 0 atom stereocenters. The molecule has 1 heterocycles. The Kier molecular flexibility index (Phi) is 2.13. The zero-order chi connectivity index (χ0) is 8.48. The number of rotatable bonds is 2. The highest BCUT2D eigenvalue weighted by atomic mass is 32.1. The van der Waals surface area contributed by atoms with E-state index in [0.29, 0.717) is 5.95 Å². The fourth-order valence-corrected chi connectivity index (χ4v) is 1.41. The van der Waals surface area contributed by atoms with Crippen LogP contribution in [0.3, 0.4) is 0 Å². The lowest BCUT2D eigenvalue weighted by molar-refractivity contribution is 0.503. The first-order valence-electron chi connectivity index (χ1n) is 3.66. The van der Waals surface area contributed by atoms with Gasteiger partial charge in [-0.1, -0.05) is 20.8 Å². The molecule has 0 aromatic carbocycles. The molecule has 1 aromatic rings. The minimum atomic E-state index is 0.120. The molecule has 0 saturated carbocycles. The highest BCUT2D eigenvalue weighted by Crippen LogP contribution is 2.27. The smallest absolute Gasteiger partial charge is 0.232 e. The van der Waals surface area contributed by atoms with Gasteiger partial charge in [0.2, 0.25) is 5.95 Å². The van der Waals surface area contributed by atoms with Crippen molar-refractivity contribution >= 4 is 17.5 Å². The van der Waals surface area contributed by atoms with Crippen molar-refractivity contribution in [2.24, 2.45) is 0 Å². The second-order valence-electron chi connectivity index (χ2n) is 3.20. The number of hydrogen-bond donors (Lipinski definition) is 1. The Bertz CT molecular complexity index is 242. The highest BCUT2D eigenvalue weighted by molar-refractivity contribution is 7.05. The van der Waals surface area contributed by atoms with Gasteiger partial charge in [-0.05, 0) is 18.0 Å². The normalized spacial score (nSPS) is 11.9. The van der Waals surface area contributed by atoms with Crippen LogP contribution >= 0.6 is 11.5 Å². The van der Waals surface area contributed by atoms with Crippen molar-refractivity contribution in [3.05, 3.63) is 5.01 Å². The Morgan fingerprint density at radius 3 is 2.55 bits per heavy atom. The van der Waals surface area contributed by atoms with E-state index < -0.39 is 0 Å². The molecule has 1 aromatic heterocycles. The Balaban J connectivity index is 2.92. The van der Waals surface area contributed by atoms with Gasteiger partial charge in [-0.15, -0.1) is 0 Å². The van der Waals surface area contributed by atoms with Crippen molar-refractivity contribution in [2.45, 2.75) is 32.6 Å². The summed E-state index contributed by atoms with van der Waals surface area (Å²) in [5.41, 5.74) is 5.54. The van der Waals surface area contributed by atoms with E-state index in [1.807, 2.05) is 0 Å². The molecule has 0 aliphatic rings. The summed E-state index contributed by atoms with van der Waals surface area (Å²) in [5.74, 6) is 0.395. The summed E-state index contributed by atoms with van der Waals surface area (Å²) >= 11 is 1.39. The fraction of sp³-hybridized carbons (Fsp3) is 0.714. The summed E-state index contributed by atoms with van der Waals surface area (Å²) in [5, 5.41) is 1.03. The zero-order valence-corrected chi connectivity index (χ0v) is 7.90. The molecule has 62 valence electrons. The van der Waals surface area contributed by atoms with E-state index in [0.717, 1.165) is 11.4 Å². The molecule has 0 bridgehead atoms. The van der Waals surface area contributed by atoms with E-state index in [9.17, 15) is 0 Å². The summed E-state index contributed by atoms with van der Waals surface area (Å²) in [4.78, 5) is 4.14. The third kappa shape index (κ3) is 1.68. The van der Waals surface area contributed by atoms with Crippen LogP contribution in [0.5, 0.6) is 0 Å². The minimum absolute atomic E-state index is 0.120. The molecule has 0 unspecified atom stereocenters. The lowest BCUT2D eigenvalue weighted by Gasteiger charge is -2.17. The van der Waals surface area contributed by atoms with Gasteiger partial charge in [0.25, 0.3) is 0 Å². The van der Waals surface area contributed by atoms with Crippen LogP contribution < -0.4 is 5.73 Å². The lowest BCUT2D eigenvalue weighted by atomic mass is 9.91. The first-order valence-corrected chi connectivity index (χ1v) is 4.43. The van der Waals surface area contributed by atoms with Crippen LogP contribution in [-0.2, 0) is 5.41 Å². The summed E-state index contributed by atoms with van der Waals surface area (Å²) in [6.07, 6.45) is 1.06. The van der Waals surface area contributed by atoms with Crippen LogP contribution in [-0.4, -0.2) is 9.36 Å². The van der Waals surface area contributed by atoms with Crippen molar-refractivity contribution in [2.75, 3.05) is 5.73 Å². The van der Waals surface area contributed by atoms with Crippen LogP contribution in [0.1, 0.15) is 32.2 Å². The first kappa shape index (κ1) is 8.46. The molecule has 1 rings (SSSR count). The number of nitrogen functional groups attached to an aromatic ring is 1. The molecule has 0 spiro atoms. The van der Waals surface area contributed by atoms with Gasteiger partial charge in [-0.2, -0.15) is 4.37 Å². The van der Waals surface area contributed by atoms with Gasteiger partial charge in [0.15, 0.2) is 0 Å². The van der Waals surface area contributed by atoms with Crippen molar-refractivity contribution in [1.82, 2.24) is 9.36 Å². The molecule has 0 saturated heterocycles. The van der Waals surface area contributed by atoms with E-state index in [1.165, 1.54) is 11.5 Å². The fourth-order valence-electron chi connectivity index (χ4n) is 0.661. The van der Waals surface area contributed by atoms with Gasteiger partial charge in [0.1, 0.15) is 5.01 Å². The molecular formula is C7H13N3S. The van der Waals surface area contributed by atoms with Crippen molar-refractivity contribution in [3.8, 4) is 0 Å². The quantitative estimate of drug-likeness (QED) is 0.738. The Labute approximate surface area is 70.8 Å².